The molecule has 0 amide bonds. The second-order valence-corrected chi connectivity index (χ2v) is 12.3. The molecular weight excluding hydrogens is 440 g/mol. The summed E-state index contributed by atoms with van der Waals surface area (Å²) in [4.78, 5) is 0. The fourth-order valence-corrected chi connectivity index (χ4v) is 7.07. The van der Waals surface area contributed by atoms with Gasteiger partial charge in [0.05, 0.1) is 6.47 Å². The molecule has 80 valence electrons. The van der Waals surface area contributed by atoms with Gasteiger partial charge in [-0.1, -0.05) is 63.7 Å². The summed E-state index contributed by atoms with van der Waals surface area (Å²) < 4.78 is 0.607. The van der Waals surface area contributed by atoms with E-state index in [1.807, 2.05) is 0 Å². The van der Waals surface area contributed by atoms with Gasteiger partial charge in [-0.05, 0) is 49.4 Å². The predicted molar refractivity (Wildman–Crippen MR) is 73.6 cm³/mol. The fraction of sp³-hybridized carbons (Fsp3) is 1.00. The molecule has 4 heteroatoms. The lowest BCUT2D eigenvalue weighted by atomic mass is 10.0. The number of halogens is 4. The zero-order valence-electron chi connectivity index (χ0n) is 7.65. The molecule has 0 bridgehead atoms. The Kier molecular flexibility index (Phi) is 2.55. The van der Waals surface area contributed by atoms with E-state index in [0.29, 0.717) is 6.47 Å². The summed E-state index contributed by atoms with van der Waals surface area (Å²) in [6.45, 7) is 0. The Morgan fingerprint density at radius 3 is 1.00 bits per heavy atom. The maximum Gasteiger partial charge on any atom is 0.0868 e. The Morgan fingerprint density at radius 2 is 0.786 bits per heavy atom. The molecule has 0 aromatic heterocycles. The average Bonchev–Trinajstić information content (AvgIpc) is 2.67. The summed E-state index contributed by atoms with van der Waals surface area (Å²) in [5.41, 5.74) is 0. The van der Waals surface area contributed by atoms with Crippen LogP contribution in [0.4, 0.5) is 0 Å². The van der Waals surface area contributed by atoms with Crippen LogP contribution in [0.25, 0.3) is 0 Å². The summed E-state index contributed by atoms with van der Waals surface area (Å²) in [5, 5.41) is 0. The SMILES string of the molecule is BrC1(Br)[C@@H]2CC[C@H]3[C@H](CC[C@H]21)C3(Br)Br. The largest absolute Gasteiger partial charge is 0.0868 e. The molecule has 0 radical (unpaired) electrons. The van der Waals surface area contributed by atoms with Crippen LogP contribution in [0.3, 0.4) is 0 Å². The molecule has 0 spiro atoms. The van der Waals surface area contributed by atoms with Crippen molar-refractivity contribution in [2.75, 3.05) is 0 Å². The molecule has 0 saturated heterocycles. The van der Waals surface area contributed by atoms with Crippen molar-refractivity contribution in [3.8, 4) is 0 Å². The maximum atomic E-state index is 3.81. The summed E-state index contributed by atoms with van der Waals surface area (Å²) in [6.07, 6.45) is 5.51. The predicted octanol–water partition coefficient (Wildman–Crippen LogP) is 5.02. The zero-order chi connectivity index (χ0) is 10.1. The van der Waals surface area contributed by atoms with Crippen molar-refractivity contribution in [1.29, 1.82) is 0 Å². The highest BCUT2D eigenvalue weighted by Gasteiger charge is 2.67. The Hall–Kier alpha value is 1.92. The van der Waals surface area contributed by atoms with Crippen LogP contribution >= 0.6 is 63.7 Å². The van der Waals surface area contributed by atoms with Gasteiger partial charge in [-0.2, -0.15) is 0 Å². The van der Waals surface area contributed by atoms with Gasteiger partial charge in [0, 0.05) is 0 Å². The minimum atomic E-state index is 0.304. The molecule has 0 unspecified atom stereocenters. The monoisotopic (exact) mass is 448 g/mol. The molecule has 4 atom stereocenters. The van der Waals surface area contributed by atoms with Crippen molar-refractivity contribution >= 4 is 63.7 Å². The van der Waals surface area contributed by atoms with E-state index >= 15 is 0 Å². The van der Waals surface area contributed by atoms with Crippen LogP contribution in [0.5, 0.6) is 0 Å². The van der Waals surface area contributed by atoms with Crippen LogP contribution in [-0.4, -0.2) is 6.47 Å². The van der Waals surface area contributed by atoms with Crippen LogP contribution in [0.15, 0.2) is 0 Å². The number of alkyl halides is 4. The molecule has 0 N–H and O–H groups in total. The molecule has 3 aliphatic rings. The number of rotatable bonds is 0. The van der Waals surface area contributed by atoms with E-state index < -0.39 is 0 Å². The third kappa shape index (κ3) is 1.46. The number of hydrogen-bond donors (Lipinski definition) is 0. The molecule has 0 aromatic rings. The lowest BCUT2D eigenvalue weighted by Crippen LogP contribution is -1.93. The molecule has 3 fully saturated rings. The third-order valence-corrected chi connectivity index (χ3v) is 9.01. The minimum absolute atomic E-state index is 0.304. The number of fused-ring (bicyclic) bond motifs is 2. The van der Waals surface area contributed by atoms with Crippen LogP contribution in [0.2, 0.25) is 0 Å². The van der Waals surface area contributed by atoms with Gasteiger partial charge in [-0.15, -0.1) is 0 Å². The van der Waals surface area contributed by atoms with Crippen molar-refractivity contribution in [3.05, 3.63) is 0 Å². The smallest absolute Gasteiger partial charge is 0.0721 e. The molecule has 0 aliphatic heterocycles. The Balaban J connectivity index is 1.71. The normalized spacial score (nSPS) is 52.3. The summed E-state index contributed by atoms with van der Waals surface area (Å²) in [5.74, 6) is 3.50. The van der Waals surface area contributed by atoms with Gasteiger partial charge >= 0.3 is 0 Å². The standard InChI is InChI=1S/C10H12Br4/c11-9(12)5-1-2-6-8(10(6,13)14)4-3-7(5)9/h5-8H,1-4H2/t5-,6+,7-,8+. The highest BCUT2D eigenvalue weighted by molar-refractivity contribution is 9.26. The quantitative estimate of drug-likeness (QED) is 0.453. The van der Waals surface area contributed by atoms with Crippen LogP contribution in [0, 0.1) is 23.7 Å². The van der Waals surface area contributed by atoms with E-state index in [2.05, 4.69) is 63.7 Å². The maximum absolute atomic E-state index is 3.81. The topological polar surface area (TPSA) is 0 Å². The summed E-state index contributed by atoms with van der Waals surface area (Å²) in [6, 6.07) is 0. The Labute approximate surface area is 118 Å². The highest BCUT2D eigenvalue weighted by atomic mass is 79.9. The van der Waals surface area contributed by atoms with Gasteiger partial charge in [0.15, 0.2) is 0 Å². The van der Waals surface area contributed by atoms with Gasteiger partial charge in [0.25, 0.3) is 0 Å². The van der Waals surface area contributed by atoms with Crippen molar-refractivity contribution in [1.82, 2.24) is 0 Å². The molecule has 3 saturated carbocycles. The Bertz CT molecular complexity index is 221. The summed E-state index contributed by atoms with van der Waals surface area (Å²) in [7, 11) is 0. The first-order valence-corrected chi connectivity index (χ1v) is 8.38. The molecule has 3 rings (SSSR count). The molecule has 0 heterocycles. The van der Waals surface area contributed by atoms with E-state index in [1.165, 1.54) is 25.7 Å². The van der Waals surface area contributed by atoms with Gasteiger partial charge in [-0.25, -0.2) is 0 Å². The van der Waals surface area contributed by atoms with E-state index in [-0.39, 0.29) is 0 Å². The first-order chi connectivity index (χ1) is 6.45. The second-order valence-electron chi connectivity index (χ2n) is 4.93. The minimum Gasteiger partial charge on any atom is -0.0721 e. The fourth-order valence-electron chi connectivity index (χ4n) is 3.21. The average molecular weight is 452 g/mol. The first kappa shape index (κ1) is 11.0. The van der Waals surface area contributed by atoms with Gasteiger partial charge in [0.2, 0.25) is 0 Å². The molecule has 0 aromatic carbocycles. The van der Waals surface area contributed by atoms with E-state index in [0.717, 1.165) is 23.7 Å². The van der Waals surface area contributed by atoms with E-state index in [9.17, 15) is 0 Å². The lowest BCUT2D eigenvalue weighted by molar-refractivity contribution is 0.468. The van der Waals surface area contributed by atoms with Crippen molar-refractivity contribution in [3.63, 3.8) is 0 Å². The zero-order valence-corrected chi connectivity index (χ0v) is 14.0. The van der Waals surface area contributed by atoms with Crippen molar-refractivity contribution in [2.45, 2.75) is 32.2 Å². The first-order valence-electron chi connectivity index (χ1n) is 5.21. The molecule has 0 nitrogen and oxygen atoms in total. The lowest BCUT2D eigenvalue weighted by Gasteiger charge is -2.03. The van der Waals surface area contributed by atoms with Crippen LogP contribution in [-0.2, 0) is 0 Å². The third-order valence-electron chi connectivity index (χ3n) is 4.31. The van der Waals surface area contributed by atoms with Crippen LogP contribution in [0.1, 0.15) is 25.7 Å². The Morgan fingerprint density at radius 1 is 0.571 bits per heavy atom. The second kappa shape index (κ2) is 3.23. The highest BCUT2D eigenvalue weighted by Crippen LogP contribution is 2.73. The molecule has 3 aliphatic carbocycles. The van der Waals surface area contributed by atoms with E-state index in [4.69, 9.17) is 0 Å². The van der Waals surface area contributed by atoms with Gasteiger partial charge < -0.3 is 0 Å². The van der Waals surface area contributed by atoms with Crippen molar-refractivity contribution < 1.29 is 0 Å². The molecular formula is C10H12Br4. The van der Waals surface area contributed by atoms with E-state index in [1.54, 1.807) is 0 Å². The van der Waals surface area contributed by atoms with Gasteiger partial charge in [0.1, 0.15) is 0 Å². The summed E-state index contributed by atoms with van der Waals surface area (Å²) >= 11 is 15.2. The van der Waals surface area contributed by atoms with Gasteiger partial charge in [-0.3, -0.25) is 0 Å². The number of hydrogen-bond acceptors (Lipinski definition) is 0. The molecule has 14 heavy (non-hydrogen) atoms. The van der Waals surface area contributed by atoms with Crippen LogP contribution < -0.4 is 0 Å². The van der Waals surface area contributed by atoms with Crippen molar-refractivity contribution in [2.24, 2.45) is 23.7 Å².